The number of amides is 1. The first-order chi connectivity index (χ1) is 9.88. The molecule has 0 saturated heterocycles. The van der Waals surface area contributed by atoms with Crippen LogP contribution in [-0.2, 0) is 4.74 Å². The van der Waals surface area contributed by atoms with Gasteiger partial charge in [-0.2, -0.15) is 0 Å². The molecule has 1 unspecified atom stereocenters. The standard InChI is InChI=1S/C17H26N2O2/c1-12(2)16(8-7-14(4)21-6)19(5)17(20)15-11-18-10-9-13(15)3/h7,9-12,16H,8H2,1-6H3/b14-7+. The van der Waals surface area contributed by atoms with Crippen molar-refractivity contribution in [1.29, 1.82) is 0 Å². The molecule has 0 radical (unpaired) electrons. The Bertz CT molecular complexity index is 509. The Balaban J connectivity index is 2.93. The van der Waals surface area contributed by atoms with E-state index in [9.17, 15) is 4.79 Å². The largest absolute Gasteiger partial charge is 0.502 e. The molecule has 4 nitrogen and oxygen atoms in total. The van der Waals surface area contributed by atoms with E-state index < -0.39 is 0 Å². The molecule has 0 aliphatic carbocycles. The number of rotatable bonds is 6. The van der Waals surface area contributed by atoms with E-state index in [4.69, 9.17) is 4.74 Å². The zero-order valence-corrected chi connectivity index (χ0v) is 13.9. The van der Waals surface area contributed by atoms with Gasteiger partial charge < -0.3 is 9.64 Å². The Morgan fingerprint density at radius 3 is 2.67 bits per heavy atom. The molecule has 0 spiro atoms. The number of aromatic nitrogens is 1. The lowest BCUT2D eigenvalue weighted by molar-refractivity contribution is 0.0689. The first kappa shape index (κ1) is 17.2. The molecule has 116 valence electrons. The molecule has 4 heteroatoms. The highest BCUT2D eigenvalue weighted by molar-refractivity contribution is 5.95. The lowest BCUT2D eigenvalue weighted by Crippen LogP contribution is -2.40. The Labute approximate surface area is 127 Å². The van der Waals surface area contributed by atoms with Gasteiger partial charge >= 0.3 is 0 Å². The molecular formula is C17H26N2O2. The number of carbonyl (C=O) groups excluding carboxylic acids is 1. The first-order valence-corrected chi connectivity index (χ1v) is 7.27. The fraction of sp³-hybridized carbons (Fsp3) is 0.529. The van der Waals surface area contributed by atoms with Crippen molar-refractivity contribution in [2.75, 3.05) is 14.2 Å². The number of allylic oxidation sites excluding steroid dienone is 1. The van der Waals surface area contributed by atoms with Gasteiger partial charge in [-0.15, -0.1) is 0 Å². The highest BCUT2D eigenvalue weighted by Gasteiger charge is 2.24. The van der Waals surface area contributed by atoms with Gasteiger partial charge in [0.1, 0.15) is 0 Å². The van der Waals surface area contributed by atoms with Crippen molar-refractivity contribution in [3.63, 3.8) is 0 Å². The number of methoxy groups -OCH3 is 1. The Kier molecular flexibility index (Phi) is 6.40. The summed E-state index contributed by atoms with van der Waals surface area (Å²) in [5, 5.41) is 0. The fourth-order valence-electron chi connectivity index (χ4n) is 2.28. The summed E-state index contributed by atoms with van der Waals surface area (Å²) in [6, 6.07) is 1.99. The fourth-order valence-corrected chi connectivity index (χ4v) is 2.28. The van der Waals surface area contributed by atoms with Crippen LogP contribution >= 0.6 is 0 Å². The third kappa shape index (κ3) is 4.59. The summed E-state index contributed by atoms with van der Waals surface area (Å²) in [5.74, 6) is 1.25. The topological polar surface area (TPSA) is 42.4 Å². The van der Waals surface area contributed by atoms with Gasteiger partial charge in [0.2, 0.25) is 0 Å². The van der Waals surface area contributed by atoms with Crippen molar-refractivity contribution in [2.24, 2.45) is 5.92 Å². The molecule has 0 fully saturated rings. The number of aryl methyl sites for hydroxylation is 1. The predicted molar refractivity (Wildman–Crippen MR) is 85.1 cm³/mol. The van der Waals surface area contributed by atoms with Crippen LogP contribution in [0.2, 0.25) is 0 Å². The molecule has 0 N–H and O–H groups in total. The van der Waals surface area contributed by atoms with Crippen LogP contribution < -0.4 is 0 Å². The molecule has 1 amide bonds. The van der Waals surface area contributed by atoms with Gasteiger partial charge in [0, 0.05) is 25.5 Å². The minimum Gasteiger partial charge on any atom is -0.502 e. The second-order valence-electron chi connectivity index (χ2n) is 5.67. The summed E-state index contributed by atoms with van der Waals surface area (Å²) in [6.07, 6.45) is 6.15. The van der Waals surface area contributed by atoms with E-state index >= 15 is 0 Å². The van der Waals surface area contributed by atoms with Crippen molar-refractivity contribution < 1.29 is 9.53 Å². The third-order valence-corrected chi connectivity index (χ3v) is 3.83. The Morgan fingerprint density at radius 2 is 2.14 bits per heavy atom. The molecule has 0 saturated carbocycles. The third-order valence-electron chi connectivity index (χ3n) is 3.83. The lowest BCUT2D eigenvalue weighted by atomic mass is 9.98. The average molecular weight is 290 g/mol. The number of ether oxygens (including phenoxy) is 1. The maximum atomic E-state index is 12.7. The average Bonchev–Trinajstić information content (AvgIpc) is 2.46. The number of hydrogen-bond donors (Lipinski definition) is 0. The second kappa shape index (κ2) is 7.81. The molecule has 0 aromatic carbocycles. The molecule has 0 aliphatic rings. The molecule has 1 aromatic rings. The summed E-state index contributed by atoms with van der Waals surface area (Å²) in [6.45, 7) is 8.10. The maximum Gasteiger partial charge on any atom is 0.255 e. The smallest absolute Gasteiger partial charge is 0.255 e. The van der Waals surface area contributed by atoms with Crippen molar-refractivity contribution in [3.8, 4) is 0 Å². The molecule has 1 heterocycles. The first-order valence-electron chi connectivity index (χ1n) is 7.27. The summed E-state index contributed by atoms with van der Waals surface area (Å²) in [5.41, 5.74) is 1.62. The van der Waals surface area contributed by atoms with Gasteiger partial charge in [-0.05, 0) is 43.9 Å². The van der Waals surface area contributed by atoms with Crippen LogP contribution in [0.4, 0.5) is 0 Å². The van der Waals surface area contributed by atoms with Crippen molar-refractivity contribution >= 4 is 5.91 Å². The van der Waals surface area contributed by atoms with Crippen LogP contribution in [0.25, 0.3) is 0 Å². The van der Waals surface area contributed by atoms with Crippen LogP contribution in [0, 0.1) is 12.8 Å². The summed E-state index contributed by atoms with van der Waals surface area (Å²) in [7, 11) is 3.51. The molecule has 0 aliphatic heterocycles. The predicted octanol–water partition coefficient (Wildman–Crippen LogP) is 3.43. The maximum absolute atomic E-state index is 12.7. The highest BCUT2D eigenvalue weighted by atomic mass is 16.5. The highest BCUT2D eigenvalue weighted by Crippen LogP contribution is 2.18. The van der Waals surface area contributed by atoms with Gasteiger partial charge in [0.15, 0.2) is 0 Å². The Hall–Kier alpha value is -1.84. The summed E-state index contributed by atoms with van der Waals surface area (Å²) >= 11 is 0. The molecular weight excluding hydrogens is 264 g/mol. The summed E-state index contributed by atoms with van der Waals surface area (Å²) < 4.78 is 5.17. The van der Waals surface area contributed by atoms with E-state index in [1.54, 1.807) is 19.5 Å². The molecule has 0 bridgehead atoms. The zero-order chi connectivity index (χ0) is 16.0. The van der Waals surface area contributed by atoms with Crippen LogP contribution in [0.5, 0.6) is 0 Å². The van der Waals surface area contributed by atoms with Crippen molar-refractivity contribution in [3.05, 3.63) is 41.4 Å². The van der Waals surface area contributed by atoms with Gasteiger partial charge in [-0.25, -0.2) is 0 Å². The zero-order valence-electron chi connectivity index (χ0n) is 13.9. The number of pyridine rings is 1. The molecule has 1 atom stereocenters. The van der Waals surface area contributed by atoms with Crippen molar-refractivity contribution in [1.82, 2.24) is 9.88 Å². The number of carbonyl (C=O) groups is 1. The molecule has 21 heavy (non-hydrogen) atoms. The van der Waals surface area contributed by atoms with Crippen LogP contribution in [0.15, 0.2) is 30.3 Å². The van der Waals surface area contributed by atoms with Gasteiger partial charge in [-0.1, -0.05) is 13.8 Å². The van der Waals surface area contributed by atoms with E-state index in [0.717, 1.165) is 17.7 Å². The van der Waals surface area contributed by atoms with Gasteiger partial charge in [0.05, 0.1) is 18.4 Å². The summed E-state index contributed by atoms with van der Waals surface area (Å²) in [4.78, 5) is 18.5. The monoisotopic (exact) mass is 290 g/mol. The van der Waals surface area contributed by atoms with E-state index in [1.165, 1.54) is 0 Å². The number of hydrogen-bond acceptors (Lipinski definition) is 3. The SMILES string of the molecule is CO/C(C)=C/CC(C(C)C)N(C)C(=O)c1cnccc1C. The quantitative estimate of drug-likeness (QED) is 0.754. The van der Waals surface area contributed by atoms with Crippen LogP contribution in [0.1, 0.15) is 43.1 Å². The Morgan fingerprint density at radius 1 is 1.48 bits per heavy atom. The van der Waals surface area contributed by atoms with E-state index in [2.05, 4.69) is 18.8 Å². The molecule has 1 aromatic heterocycles. The normalized spacial score (nSPS) is 13.2. The second-order valence-corrected chi connectivity index (χ2v) is 5.67. The minimum atomic E-state index is 0.0165. The lowest BCUT2D eigenvalue weighted by Gasteiger charge is -2.31. The van der Waals surface area contributed by atoms with Crippen molar-refractivity contribution in [2.45, 2.75) is 40.2 Å². The van der Waals surface area contributed by atoms with Crippen LogP contribution in [0.3, 0.4) is 0 Å². The molecule has 1 rings (SSSR count). The van der Waals surface area contributed by atoms with Crippen LogP contribution in [-0.4, -0.2) is 36.0 Å². The van der Waals surface area contributed by atoms with Gasteiger partial charge in [-0.3, -0.25) is 9.78 Å². The van der Waals surface area contributed by atoms with Gasteiger partial charge in [0.25, 0.3) is 5.91 Å². The number of nitrogens with zero attached hydrogens (tertiary/aromatic N) is 2. The van der Waals surface area contributed by atoms with E-state index in [1.807, 2.05) is 37.9 Å². The van der Waals surface area contributed by atoms with E-state index in [-0.39, 0.29) is 11.9 Å². The van der Waals surface area contributed by atoms with E-state index in [0.29, 0.717) is 11.5 Å². The minimum absolute atomic E-state index is 0.0165.